The Kier molecular flexibility index (Phi) is 6.11. The second-order valence-corrected chi connectivity index (χ2v) is 9.05. The van der Waals surface area contributed by atoms with Crippen molar-refractivity contribution in [3.05, 3.63) is 70.2 Å². The van der Waals surface area contributed by atoms with Gasteiger partial charge in [0.1, 0.15) is 11.5 Å². The normalized spacial score (nSPS) is 17.7. The van der Waals surface area contributed by atoms with Gasteiger partial charge in [0.15, 0.2) is 16.1 Å². The number of rotatable bonds is 4. The Morgan fingerprint density at radius 1 is 0.938 bits per heavy atom. The molecule has 2 aliphatic heterocycles. The molecule has 0 unspecified atom stereocenters. The number of hydrogen-bond acceptors (Lipinski definition) is 8. The van der Waals surface area contributed by atoms with Crippen molar-refractivity contribution in [3.63, 3.8) is 0 Å². The molecule has 1 amide bonds. The first-order valence-electron chi connectivity index (χ1n) is 9.99. The van der Waals surface area contributed by atoms with E-state index >= 15 is 0 Å². The maximum absolute atomic E-state index is 12.5. The van der Waals surface area contributed by atoms with Crippen LogP contribution in [0.5, 0.6) is 11.5 Å². The van der Waals surface area contributed by atoms with E-state index in [-0.39, 0.29) is 5.91 Å². The van der Waals surface area contributed by atoms with Crippen LogP contribution in [-0.2, 0) is 4.79 Å². The fraction of sp³-hybridized carbons (Fsp3) is 0.182. The number of aromatic nitrogens is 2. The van der Waals surface area contributed by atoms with Crippen LogP contribution in [0.2, 0.25) is 5.15 Å². The van der Waals surface area contributed by atoms with E-state index in [1.54, 1.807) is 0 Å². The number of nitrogens with zero attached hydrogens (tertiary/aromatic N) is 5. The highest BCUT2D eigenvalue weighted by Gasteiger charge is 2.29. The molecule has 1 fully saturated rings. The van der Waals surface area contributed by atoms with E-state index in [2.05, 4.69) is 23.5 Å². The van der Waals surface area contributed by atoms with Crippen LogP contribution in [-0.4, -0.2) is 50.9 Å². The zero-order chi connectivity index (χ0) is 21.9. The van der Waals surface area contributed by atoms with Gasteiger partial charge in [0.2, 0.25) is 0 Å². The third kappa shape index (κ3) is 4.64. The molecule has 3 aromatic rings. The predicted molar refractivity (Wildman–Crippen MR) is 130 cm³/mol. The van der Waals surface area contributed by atoms with Gasteiger partial charge in [0.25, 0.3) is 5.91 Å². The number of hydrogen-bond donors (Lipinski definition) is 0. The lowest BCUT2D eigenvalue weighted by molar-refractivity contribution is -0.113. The number of halogens is 1. The SMILES string of the molecule is O=C1N=C(N2CCN(c3nsnc3Cl)CC2)S/C1=C/c1cccc(Oc2ccccc2)c1. The van der Waals surface area contributed by atoms with Crippen LogP contribution in [0.1, 0.15) is 5.56 Å². The van der Waals surface area contributed by atoms with Gasteiger partial charge in [-0.3, -0.25) is 4.79 Å². The molecule has 0 saturated carbocycles. The number of carbonyl (C=O) groups excluding carboxylic acids is 1. The van der Waals surface area contributed by atoms with Gasteiger partial charge in [-0.2, -0.15) is 13.7 Å². The van der Waals surface area contributed by atoms with E-state index in [4.69, 9.17) is 16.3 Å². The Balaban J connectivity index is 1.23. The number of para-hydroxylation sites is 1. The molecule has 3 heterocycles. The number of thioether (sulfide) groups is 1. The number of amidine groups is 1. The summed E-state index contributed by atoms with van der Waals surface area (Å²) >= 11 is 8.62. The molecule has 2 aromatic carbocycles. The third-order valence-corrected chi connectivity index (χ3v) is 6.94. The van der Waals surface area contributed by atoms with Gasteiger partial charge < -0.3 is 14.5 Å². The number of benzene rings is 2. The molecule has 1 aromatic heterocycles. The molecule has 32 heavy (non-hydrogen) atoms. The minimum Gasteiger partial charge on any atom is -0.457 e. The lowest BCUT2D eigenvalue weighted by Crippen LogP contribution is -2.48. The van der Waals surface area contributed by atoms with Crippen LogP contribution >= 0.6 is 35.1 Å². The summed E-state index contributed by atoms with van der Waals surface area (Å²) in [6, 6.07) is 17.3. The van der Waals surface area contributed by atoms with E-state index in [1.165, 1.54) is 11.8 Å². The second-order valence-electron chi connectivity index (χ2n) is 7.15. The van der Waals surface area contributed by atoms with E-state index in [0.29, 0.717) is 15.8 Å². The van der Waals surface area contributed by atoms with Crippen LogP contribution in [0.3, 0.4) is 0 Å². The fourth-order valence-corrected chi connectivity index (χ4v) is 5.19. The van der Waals surface area contributed by atoms with Gasteiger partial charge in [-0.1, -0.05) is 41.9 Å². The molecule has 0 radical (unpaired) electrons. The summed E-state index contributed by atoms with van der Waals surface area (Å²) < 4.78 is 14.2. The van der Waals surface area contributed by atoms with E-state index in [0.717, 1.165) is 60.2 Å². The summed E-state index contributed by atoms with van der Waals surface area (Å²) in [6.07, 6.45) is 1.86. The van der Waals surface area contributed by atoms with Crippen molar-refractivity contribution in [3.8, 4) is 11.5 Å². The van der Waals surface area contributed by atoms with Crippen molar-refractivity contribution in [2.45, 2.75) is 0 Å². The van der Waals surface area contributed by atoms with Gasteiger partial charge in [-0.15, -0.1) is 0 Å². The quantitative estimate of drug-likeness (QED) is 0.494. The number of carbonyl (C=O) groups is 1. The topological polar surface area (TPSA) is 70.9 Å². The summed E-state index contributed by atoms with van der Waals surface area (Å²) in [7, 11) is 0. The third-order valence-electron chi connectivity index (χ3n) is 5.03. The minimum absolute atomic E-state index is 0.214. The molecule has 0 spiro atoms. The maximum atomic E-state index is 12.5. The highest BCUT2D eigenvalue weighted by atomic mass is 35.5. The lowest BCUT2D eigenvalue weighted by atomic mass is 10.2. The Bertz CT molecular complexity index is 1190. The monoisotopic (exact) mass is 483 g/mol. The molecule has 162 valence electrons. The highest BCUT2D eigenvalue weighted by molar-refractivity contribution is 8.18. The molecule has 5 rings (SSSR count). The van der Waals surface area contributed by atoms with Crippen molar-refractivity contribution < 1.29 is 9.53 Å². The van der Waals surface area contributed by atoms with E-state index in [9.17, 15) is 4.79 Å². The zero-order valence-corrected chi connectivity index (χ0v) is 19.2. The van der Waals surface area contributed by atoms with E-state index < -0.39 is 0 Å². The van der Waals surface area contributed by atoms with Crippen LogP contribution in [0.25, 0.3) is 6.08 Å². The van der Waals surface area contributed by atoms with Crippen LogP contribution < -0.4 is 9.64 Å². The Labute approximate surface area is 198 Å². The highest BCUT2D eigenvalue weighted by Crippen LogP contribution is 2.32. The minimum atomic E-state index is -0.214. The van der Waals surface area contributed by atoms with Crippen molar-refractivity contribution in [2.75, 3.05) is 31.1 Å². The second kappa shape index (κ2) is 9.32. The Morgan fingerprint density at radius 3 is 2.44 bits per heavy atom. The fourth-order valence-electron chi connectivity index (χ4n) is 3.45. The molecule has 0 N–H and O–H groups in total. The number of anilines is 1. The van der Waals surface area contributed by atoms with Gasteiger partial charge in [0, 0.05) is 26.2 Å². The molecule has 1 saturated heterocycles. The van der Waals surface area contributed by atoms with Crippen molar-refractivity contribution in [1.29, 1.82) is 0 Å². The van der Waals surface area contributed by atoms with Gasteiger partial charge in [-0.05, 0) is 47.7 Å². The summed E-state index contributed by atoms with van der Waals surface area (Å²) in [5, 5.41) is 1.18. The average molecular weight is 484 g/mol. The van der Waals surface area contributed by atoms with Crippen molar-refractivity contribution in [1.82, 2.24) is 13.6 Å². The number of amides is 1. The van der Waals surface area contributed by atoms with Crippen LogP contribution in [0.15, 0.2) is 64.5 Å². The maximum Gasteiger partial charge on any atom is 0.286 e. The first kappa shape index (κ1) is 21.0. The molecule has 2 aliphatic rings. The Hall–Kier alpha value is -2.88. The molecule has 10 heteroatoms. The van der Waals surface area contributed by atoms with E-state index in [1.807, 2.05) is 60.7 Å². The standard InChI is InChI=1S/C22H18ClN5O2S2/c23-19-20(26-32-25-19)27-9-11-28(12-10-27)22-24-21(29)18(31-22)14-15-5-4-8-17(13-15)30-16-6-2-1-3-7-16/h1-8,13-14H,9-12H2/b18-14+. The summed E-state index contributed by atoms with van der Waals surface area (Å²) in [4.78, 5) is 21.6. The average Bonchev–Trinajstić information content (AvgIpc) is 3.40. The molecular weight excluding hydrogens is 466 g/mol. The van der Waals surface area contributed by atoms with Crippen molar-refractivity contribution >= 4 is 58.1 Å². The molecule has 0 bridgehead atoms. The summed E-state index contributed by atoms with van der Waals surface area (Å²) in [5.41, 5.74) is 0.890. The Morgan fingerprint density at radius 2 is 1.69 bits per heavy atom. The smallest absolute Gasteiger partial charge is 0.286 e. The number of ether oxygens (including phenoxy) is 1. The van der Waals surface area contributed by atoms with Gasteiger partial charge in [0.05, 0.1) is 16.6 Å². The largest absolute Gasteiger partial charge is 0.457 e. The zero-order valence-electron chi connectivity index (χ0n) is 16.8. The first-order chi connectivity index (χ1) is 15.7. The number of aliphatic imine (C=N–C) groups is 1. The summed E-state index contributed by atoms with van der Waals surface area (Å²) in [6.45, 7) is 2.97. The van der Waals surface area contributed by atoms with Crippen molar-refractivity contribution in [2.24, 2.45) is 4.99 Å². The van der Waals surface area contributed by atoms with Gasteiger partial charge >= 0.3 is 0 Å². The first-order valence-corrected chi connectivity index (χ1v) is 11.9. The molecular formula is C22H18ClN5O2S2. The number of piperazine rings is 1. The summed E-state index contributed by atoms with van der Waals surface area (Å²) in [5.74, 6) is 2.00. The van der Waals surface area contributed by atoms with Crippen LogP contribution in [0, 0.1) is 0 Å². The lowest BCUT2D eigenvalue weighted by Gasteiger charge is -2.35. The van der Waals surface area contributed by atoms with Gasteiger partial charge in [-0.25, -0.2) is 0 Å². The molecule has 7 nitrogen and oxygen atoms in total. The predicted octanol–water partition coefficient (Wildman–Crippen LogP) is 4.78. The van der Waals surface area contributed by atoms with Crippen LogP contribution in [0.4, 0.5) is 5.82 Å². The molecule has 0 atom stereocenters. The molecule has 0 aliphatic carbocycles.